The molecule has 0 heterocycles. The topological polar surface area (TPSA) is 12.0 Å². The van der Waals surface area contributed by atoms with Gasteiger partial charge in [0.15, 0.2) is 0 Å². The lowest BCUT2D eigenvalue weighted by Gasteiger charge is -2.19. The zero-order chi connectivity index (χ0) is 13.1. The van der Waals surface area contributed by atoms with E-state index in [2.05, 4.69) is 58.1 Å². The molecule has 0 spiro atoms. The molecule has 0 bridgehead atoms. The first-order chi connectivity index (χ1) is 7.83. The average Bonchev–Trinajstić information content (AvgIpc) is 2.15. The lowest BCUT2D eigenvalue weighted by Crippen LogP contribution is -2.18. The molecule has 1 aromatic rings. The van der Waals surface area contributed by atoms with Crippen LogP contribution in [0.15, 0.2) is 23.1 Å². The smallest absolute Gasteiger partial charge is 0.0464 e. The molecule has 1 rings (SSSR count). The fourth-order valence-corrected chi connectivity index (χ4v) is 3.12. The Morgan fingerprint density at radius 2 is 2.00 bits per heavy atom. The lowest BCUT2D eigenvalue weighted by atomic mass is 10.1. The number of hydrogen-bond acceptors (Lipinski definition) is 2. The third-order valence-corrected chi connectivity index (χ3v) is 3.80. The van der Waals surface area contributed by atoms with Gasteiger partial charge in [-0.15, -0.1) is 11.8 Å². The van der Waals surface area contributed by atoms with Gasteiger partial charge in [0.2, 0.25) is 0 Å². The minimum atomic E-state index is 0.220. The molecule has 1 unspecified atom stereocenters. The summed E-state index contributed by atoms with van der Waals surface area (Å²) < 4.78 is 0.220. The van der Waals surface area contributed by atoms with Gasteiger partial charge in [-0.3, -0.25) is 0 Å². The first-order valence-corrected chi connectivity index (χ1v) is 7.25. The molecule has 96 valence electrons. The maximum absolute atomic E-state index is 6.34. The zero-order valence-corrected chi connectivity index (χ0v) is 12.9. The molecule has 1 aromatic carbocycles. The number of halogens is 1. The molecule has 0 aliphatic rings. The van der Waals surface area contributed by atoms with Crippen molar-refractivity contribution in [2.24, 2.45) is 0 Å². The van der Waals surface area contributed by atoms with Gasteiger partial charge in [-0.05, 0) is 31.2 Å². The fraction of sp³-hybridized carbons (Fsp3) is 0.571. The summed E-state index contributed by atoms with van der Waals surface area (Å²) in [4.78, 5) is 1.23. The molecule has 0 saturated heterocycles. The predicted octanol–water partition coefficient (Wildman–Crippen LogP) is 4.90. The van der Waals surface area contributed by atoms with Gasteiger partial charge in [-0.2, -0.15) is 0 Å². The highest BCUT2D eigenvalue weighted by atomic mass is 35.5. The zero-order valence-electron chi connectivity index (χ0n) is 11.3. The van der Waals surface area contributed by atoms with E-state index in [0.29, 0.717) is 6.04 Å². The van der Waals surface area contributed by atoms with E-state index in [1.165, 1.54) is 10.5 Å². The monoisotopic (exact) mass is 271 g/mol. The molecule has 1 N–H and O–H groups in total. The van der Waals surface area contributed by atoms with E-state index in [1.54, 1.807) is 0 Å². The van der Waals surface area contributed by atoms with Crippen LogP contribution in [-0.2, 0) is 0 Å². The van der Waals surface area contributed by atoms with Crippen LogP contribution < -0.4 is 5.32 Å². The maximum Gasteiger partial charge on any atom is 0.0464 e. The largest absolute Gasteiger partial charge is 0.310 e. The minimum Gasteiger partial charge on any atom is -0.310 e. The second kappa shape index (κ2) is 6.12. The van der Waals surface area contributed by atoms with Crippen molar-refractivity contribution in [1.82, 2.24) is 5.32 Å². The van der Waals surface area contributed by atoms with Crippen molar-refractivity contribution in [3.63, 3.8) is 0 Å². The SMILES string of the molecule is CCNC(C)c1ccc(SC(C)(C)C)cc1Cl. The van der Waals surface area contributed by atoms with Crippen LogP contribution in [0, 0.1) is 0 Å². The number of hydrogen-bond donors (Lipinski definition) is 1. The summed E-state index contributed by atoms with van der Waals surface area (Å²) in [6.45, 7) is 11.8. The van der Waals surface area contributed by atoms with E-state index < -0.39 is 0 Å². The van der Waals surface area contributed by atoms with Crippen LogP contribution in [0.3, 0.4) is 0 Å². The molecule has 0 fully saturated rings. The molecule has 0 radical (unpaired) electrons. The predicted molar refractivity (Wildman–Crippen MR) is 79.2 cm³/mol. The lowest BCUT2D eigenvalue weighted by molar-refractivity contribution is 0.598. The first kappa shape index (κ1) is 14.9. The summed E-state index contributed by atoms with van der Waals surface area (Å²) in [6.07, 6.45) is 0. The first-order valence-electron chi connectivity index (χ1n) is 6.05. The van der Waals surface area contributed by atoms with Gasteiger partial charge in [-0.25, -0.2) is 0 Å². The molecule has 17 heavy (non-hydrogen) atoms. The molecule has 0 aliphatic heterocycles. The Morgan fingerprint density at radius 3 is 2.47 bits per heavy atom. The van der Waals surface area contributed by atoms with Gasteiger partial charge in [0.05, 0.1) is 0 Å². The molecular formula is C14H22ClNS. The van der Waals surface area contributed by atoms with Gasteiger partial charge in [0.25, 0.3) is 0 Å². The highest BCUT2D eigenvalue weighted by molar-refractivity contribution is 8.00. The summed E-state index contributed by atoms with van der Waals surface area (Å²) in [6, 6.07) is 6.66. The standard InChI is InChI=1S/C14H22ClNS/c1-6-16-10(2)12-8-7-11(9-13(12)15)17-14(3,4)5/h7-10,16H,6H2,1-5H3. The van der Waals surface area contributed by atoms with Gasteiger partial charge < -0.3 is 5.32 Å². The summed E-state index contributed by atoms with van der Waals surface area (Å²) in [5.41, 5.74) is 1.17. The Labute approximate surface area is 114 Å². The van der Waals surface area contributed by atoms with Crippen molar-refractivity contribution in [1.29, 1.82) is 0 Å². The van der Waals surface area contributed by atoms with Gasteiger partial charge in [0.1, 0.15) is 0 Å². The Balaban J connectivity index is 2.86. The summed E-state index contributed by atoms with van der Waals surface area (Å²) in [7, 11) is 0. The highest BCUT2D eigenvalue weighted by Crippen LogP contribution is 2.35. The third kappa shape index (κ3) is 4.90. The van der Waals surface area contributed by atoms with E-state index in [1.807, 2.05) is 11.8 Å². The van der Waals surface area contributed by atoms with Crippen molar-refractivity contribution < 1.29 is 0 Å². The molecule has 1 nitrogen and oxygen atoms in total. The van der Waals surface area contributed by atoms with E-state index >= 15 is 0 Å². The van der Waals surface area contributed by atoms with Crippen LogP contribution in [0.25, 0.3) is 0 Å². The van der Waals surface area contributed by atoms with Crippen LogP contribution >= 0.6 is 23.4 Å². The van der Waals surface area contributed by atoms with E-state index in [-0.39, 0.29) is 4.75 Å². The Hall–Kier alpha value is -0.180. The average molecular weight is 272 g/mol. The second-order valence-corrected chi connectivity index (χ2v) is 7.48. The molecule has 1 atom stereocenters. The number of thioether (sulfide) groups is 1. The molecular weight excluding hydrogens is 250 g/mol. The quantitative estimate of drug-likeness (QED) is 0.782. The molecule has 0 amide bonds. The van der Waals surface area contributed by atoms with Crippen LogP contribution in [0.4, 0.5) is 0 Å². The third-order valence-electron chi connectivity index (χ3n) is 2.37. The van der Waals surface area contributed by atoms with Crippen molar-refractivity contribution >= 4 is 23.4 Å². The Kier molecular flexibility index (Phi) is 5.36. The number of nitrogens with one attached hydrogen (secondary N) is 1. The van der Waals surface area contributed by atoms with Crippen LogP contribution in [-0.4, -0.2) is 11.3 Å². The molecule has 3 heteroatoms. The van der Waals surface area contributed by atoms with Crippen molar-refractivity contribution in [3.8, 4) is 0 Å². The number of rotatable bonds is 4. The van der Waals surface area contributed by atoms with Gasteiger partial charge >= 0.3 is 0 Å². The highest BCUT2D eigenvalue weighted by Gasteiger charge is 2.14. The fourth-order valence-electron chi connectivity index (χ4n) is 1.69. The van der Waals surface area contributed by atoms with Crippen LogP contribution in [0.5, 0.6) is 0 Å². The van der Waals surface area contributed by atoms with Gasteiger partial charge in [-0.1, -0.05) is 45.4 Å². The van der Waals surface area contributed by atoms with Crippen LogP contribution in [0.1, 0.15) is 46.2 Å². The van der Waals surface area contributed by atoms with Crippen molar-refractivity contribution in [2.45, 2.75) is 50.3 Å². The maximum atomic E-state index is 6.34. The van der Waals surface area contributed by atoms with Gasteiger partial charge in [0, 0.05) is 20.7 Å². The van der Waals surface area contributed by atoms with E-state index in [0.717, 1.165) is 11.6 Å². The van der Waals surface area contributed by atoms with E-state index in [4.69, 9.17) is 11.6 Å². The normalized spacial score (nSPS) is 13.8. The van der Waals surface area contributed by atoms with Crippen molar-refractivity contribution in [3.05, 3.63) is 28.8 Å². The Morgan fingerprint density at radius 1 is 1.35 bits per heavy atom. The summed E-state index contributed by atoms with van der Waals surface area (Å²) >= 11 is 8.18. The van der Waals surface area contributed by atoms with E-state index in [9.17, 15) is 0 Å². The van der Waals surface area contributed by atoms with Crippen LogP contribution in [0.2, 0.25) is 5.02 Å². The summed E-state index contributed by atoms with van der Waals surface area (Å²) in [5, 5.41) is 4.23. The number of benzene rings is 1. The minimum absolute atomic E-state index is 0.220. The second-order valence-electron chi connectivity index (χ2n) is 5.18. The molecule has 0 saturated carbocycles. The molecule has 0 aliphatic carbocycles. The van der Waals surface area contributed by atoms with Crippen molar-refractivity contribution in [2.75, 3.05) is 6.54 Å². The summed E-state index contributed by atoms with van der Waals surface area (Å²) in [5.74, 6) is 0. The Bertz CT molecular complexity index is 371. The molecule has 0 aromatic heterocycles.